The molecule has 2 aromatic rings. The summed E-state index contributed by atoms with van der Waals surface area (Å²) < 4.78 is 0. The number of nitrogens with zero attached hydrogens (tertiary/aromatic N) is 1. The lowest BCUT2D eigenvalue weighted by atomic mass is 10.1. The smallest absolute Gasteiger partial charge is 0.211 e. The standard InChI is InChI=1S/C14H14N2O/c1-15-10-11-5-7-12(8-6-11)14(17)13-4-2-3-9-16-13/h2-9,15H,10H2,1H3. The SMILES string of the molecule is CNCc1ccc(C(=O)c2ccccn2)cc1. The molecule has 0 aliphatic rings. The summed E-state index contributed by atoms with van der Waals surface area (Å²) in [5.74, 6) is -0.0402. The fraction of sp³-hybridized carbons (Fsp3) is 0.143. The van der Waals surface area contributed by atoms with Crippen LogP contribution in [0.25, 0.3) is 0 Å². The van der Waals surface area contributed by atoms with Crippen LogP contribution in [0.4, 0.5) is 0 Å². The van der Waals surface area contributed by atoms with E-state index in [4.69, 9.17) is 0 Å². The molecule has 3 heteroatoms. The Morgan fingerprint density at radius 2 is 1.94 bits per heavy atom. The molecular weight excluding hydrogens is 212 g/mol. The summed E-state index contributed by atoms with van der Waals surface area (Å²) in [6, 6.07) is 12.9. The quantitative estimate of drug-likeness (QED) is 0.811. The Balaban J connectivity index is 2.20. The Hall–Kier alpha value is -2.00. The molecule has 0 unspecified atom stereocenters. The van der Waals surface area contributed by atoms with Gasteiger partial charge in [-0.15, -0.1) is 0 Å². The highest BCUT2D eigenvalue weighted by molar-refractivity contribution is 6.07. The van der Waals surface area contributed by atoms with Crippen LogP contribution in [-0.4, -0.2) is 17.8 Å². The Morgan fingerprint density at radius 1 is 1.18 bits per heavy atom. The zero-order valence-electron chi connectivity index (χ0n) is 9.68. The van der Waals surface area contributed by atoms with Crippen molar-refractivity contribution >= 4 is 5.78 Å². The minimum atomic E-state index is -0.0402. The van der Waals surface area contributed by atoms with Crippen molar-refractivity contribution in [2.75, 3.05) is 7.05 Å². The fourth-order valence-electron chi connectivity index (χ4n) is 1.62. The molecule has 0 bridgehead atoms. The number of carbonyl (C=O) groups is 1. The van der Waals surface area contributed by atoms with Crippen molar-refractivity contribution < 1.29 is 4.79 Å². The van der Waals surface area contributed by atoms with Crippen molar-refractivity contribution in [3.8, 4) is 0 Å². The van der Waals surface area contributed by atoms with E-state index in [0.29, 0.717) is 11.3 Å². The molecule has 2 rings (SSSR count). The predicted molar refractivity (Wildman–Crippen MR) is 66.9 cm³/mol. The van der Waals surface area contributed by atoms with Gasteiger partial charge in [0.15, 0.2) is 0 Å². The molecule has 0 spiro atoms. The van der Waals surface area contributed by atoms with Crippen molar-refractivity contribution in [3.63, 3.8) is 0 Å². The topological polar surface area (TPSA) is 42.0 Å². The number of carbonyl (C=O) groups excluding carboxylic acids is 1. The van der Waals surface area contributed by atoms with Crippen LogP contribution in [0.5, 0.6) is 0 Å². The Morgan fingerprint density at radius 3 is 2.53 bits per heavy atom. The van der Waals surface area contributed by atoms with E-state index in [1.165, 1.54) is 0 Å². The van der Waals surface area contributed by atoms with E-state index >= 15 is 0 Å². The zero-order valence-corrected chi connectivity index (χ0v) is 9.68. The fourth-order valence-corrected chi connectivity index (χ4v) is 1.62. The van der Waals surface area contributed by atoms with Crippen LogP contribution in [-0.2, 0) is 6.54 Å². The van der Waals surface area contributed by atoms with Gasteiger partial charge in [-0.1, -0.05) is 30.3 Å². The highest BCUT2D eigenvalue weighted by Crippen LogP contribution is 2.09. The molecule has 0 atom stereocenters. The summed E-state index contributed by atoms with van der Waals surface area (Å²) in [6.45, 7) is 0.804. The normalized spacial score (nSPS) is 10.2. The van der Waals surface area contributed by atoms with Crippen molar-refractivity contribution in [2.45, 2.75) is 6.54 Å². The number of benzene rings is 1. The van der Waals surface area contributed by atoms with Gasteiger partial charge in [-0.25, -0.2) is 0 Å². The van der Waals surface area contributed by atoms with Crippen molar-refractivity contribution in [2.24, 2.45) is 0 Å². The summed E-state index contributed by atoms with van der Waals surface area (Å²) in [5.41, 5.74) is 2.31. The highest BCUT2D eigenvalue weighted by atomic mass is 16.1. The predicted octanol–water partition coefficient (Wildman–Crippen LogP) is 2.03. The average molecular weight is 226 g/mol. The number of hydrogen-bond donors (Lipinski definition) is 1. The molecule has 0 amide bonds. The molecule has 17 heavy (non-hydrogen) atoms. The molecule has 1 heterocycles. The second kappa shape index (κ2) is 5.37. The number of ketones is 1. The average Bonchev–Trinajstić information content (AvgIpc) is 2.40. The van der Waals surface area contributed by atoms with Crippen LogP contribution in [0.15, 0.2) is 48.7 Å². The number of pyridine rings is 1. The van der Waals surface area contributed by atoms with Crippen molar-refractivity contribution in [1.29, 1.82) is 0 Å². The van der Waals surface area contributed by atoms with Gasteiger partial charge in [0.1, 0.15) is 5.69 Å². The number of aromatic nitrogens is 1. The third-order valence-corrected chi connectivity index (χ3v) is 2.49. The third kappa shape index (κ3) is 2.77. The maximum Gasteiger partial charge on any atom is 0.211 e. The van der Waals surface area contributed by atoms with E-state index in [9.17, 15) is 4.79 Å². The molecule has 1 N–H and O–H groups in total. The molecule has 0 saturated heterocycles. The van der Waals surface area contributed by atoms with Gasteiger partial charge in [0, 0.05) is 18.3 Å². The van der Waals surface area contributed by atoms with Crippen LogP contribution >= 0.6 is 0 Å². The van der Waals surface area contributed by atoms with E-state index in [1.54, 1.807) is 18.3 Å². The summed E-state index contributed by atoms with van der Waals surface area (Å²) in [7, 11) is 1.90. The third-order valence-electron chi connectivity index (χ3n) is 2.49. The summed E-state index contributed by atoms with van der Waals surface area (Å²) in [5, 5.41) is 3.07. The van der Waals surface area contributed by atoms with Gasteiger partial charge >= 0.3 is 0 Å². The summed E-state index contributed by atoms with van der Waals surface area (Å²) >= 11 is 0. The van der Waals surface area contributed by atoms with E-state index in [-0.39, 0.29) is 5.78 Å². The Bertz CT molecular complexity index is 491. The molecule has 0 fully saturated rings. The number of rotatable bonds is 4. The molecule has 86 valence electrons. The molecule has 3 nitrogen and oxygen atoms in total. The van der Waals surface area contributed by atoms with Crippen LogP contribution < -0.4 is 5.32 Å². The first kappa shape index (κ1) is 11.5. The molecule has 0 saturated carbocycles. The lowest BCUT2D eigenvalue weighted by Crippen LogP contribution is -2.06. The molecule has 1 aromatic heterocycles. The van der Waals surface area contributed by atoms with Gasteiger partial charge in [0.05, 0.1) is 0 Å². The van der Waals surface area contributed by atoms with E-state index in [0.717, 1.165) is 12.1 Å². The first-order valence-corrected chi connectivity index (χ1v) is 5.50. The molecular formula is C14H14N2O. The van der Waals surface area contributed by atoms with Gasteiger partial charge in [-0.3, -0.25) is 9.78 Å². The van der Waals surface area contributed by atoms with E-state index in [1.807, 2.05) is 37.4 Å². The van der Waals surface area contributed by atoms with Crippen LogP contribution in [0.2, 0.25) is 0 Å². The van der Waals surface area contributed by atoms with Gasteiger partial charge < -0.3 is 5.32 Å². The van der Waals surface area contributed by atoms with Crippen LogP contribution in [0, 0.1) is 0 Å². The molecule has 0 radical (unpaired) electrons. The highest BCUT2D eigenvalue weighted by Gasteiger charge is 2.09. The zero-order chi connectivity index (χ0) is 12.1. The first-order valence-electron chi connectivity index (χ1n) is 5.50. The number of nitrogens with one attached hydrogen (secondary N) is 1. The van der Waals surface area contributed by atoms with Gasteiger partial charge in [0.2, 0.25) is 5.78 Å². The second-order valence-corrected chi connectivity index (χ2v) is 3.77. The lowest BCUT2D eigenvalue weighted by Gasteiger charge is -2.02. The molecule has 1 aromatic carbocycles. The maximum absolute atomic E-state index is 12.0. The van der Waals surface area contributed by atoms with E-state index < -0.39 is 0 Å². The first-order chi connectivity index (χ1) is 8.31. The van der Waals surface area contributed by atoms with Gasteiger partial charge in [-0.05, 0) is 24.7 Å². The second-order valence-electron chi connectivity index (χ2n) is 3.77. The van der Waals surface area contributed by atoms with Crippen molar-refractivity contribution in [1.82, 2.24) is 10.3 Å². The maximum atomic E-state index is 12.0. The minimum Gasteiger partial charge on any atom is -0.316 e. The molecule has 0 aliphatic heterocycles. The van der Waals surface area contributed by atoms with E-state index in [2.05, 4.69) is 10.3 Å². The van der Waals surface area contributed by atoms with Crippen LogP contribution in [0.1, 0.15) is 21.6 Å². The number of hydrogen-bond acceptors (Lipinski definition) is 3. The Labute approximate surface area is 101 Å². The summed E-state index contributed by atoms with van der Waals surface area (Å²) in [6.07, 6.45) is 1.63. The van der Waals surface area contributed by atoms with Crippen molar-refractivity contribution in [3.05, 3.63) is 65.5 Å². The Kier molecular flexibility index (Phi) is 3.62. The monoisotopic (exact) mass is 226 g/mol. The summed E-state index contributed by atoms with van der Waals surface area (Å²) in [4.78, 5) is 16.1. The lowest BCUT2D eigenvalue weighted by molar-refractivity contribution is 0.103. The molecule has 0 aliphatic carbocycles. The van der Waals surface area contributed by atoms with Crippen LogP contribution in [0.3, 0.4) is 0 Å². The van der Waals surface area contributed by atoms with Gasteiger partial charge in [0.25, 0.3) is 0 Å². The largest absolute Gasteiger partial charge is 0.316 e. The van der Waals surface area contributed by atoms with Gasteiger partial charge in [-0.2, -0.15) is 0 Å². The minimum absolute atomic E-state index is 0.0402.